The summed E-state index contributed by atoms with van der Waals surface area (Å²) in [5, 5.41) is 5.00. The van der Waals surface area contributed by atoms with Gasteiger partial charge in [0.05, 0.1) is 24.8 Å². The fraction of sp³-hybridized carbons (Fsp3) is 0.538. The Morgan fingerprint density at radius 1 is 1.60 bits per heavy atom. The first-order chi connectivity index (χ1) is 9.60. The predicted molar refractivity (Wildman–Crippen MR) is 77.9 cm³/mol. The van der Waals surface area contributed by atoms with Crippen molar-refractivity contribution < 1.29 is 14.3 Å². The van der Waals surface area contributed by atoms with Gasteiger partial charge in [0.2, 0.25) is 5.91 Å². The van der Waals surface area contributed by atoms with Crippen molar-refractivity contribution in [1.82, 2.24) is 4.90 Å². The number of rotatable bonds is 5. The van der Waals surface area contributed by atoms with E-state index in [4.69, 9.17) is 10.5 Å². The van der Waals surface area contributed by atoms with E-state index in [1.807, 2.05) is 0 Å². The zero-order chi connectivity index (χ0) is 14.5. The van der Waals surface area contributed by atoms with E-state index in [1.165, 1.54) is 11.3 Å². The van der Waals surface area contributed by atoms with Gasteiger partial charge in [0.15, 0.2) is 0 Å². The molecule has 7 heteroatoms. The zero-order valence-electron chi connectivity index (χ0n) is 11.4. The third-order valence-corrected chi connectivity index (χ3v) is 4.06. The summed E-state index contributed by atoms with van der Waals surface area (Å²) in [5.74, 6) is -0.661. The van der Waals surface area contributed by atoms with Crippen LogP contribution in [0.5, 0.6) is 0 Å². The number of nitrogens with two attached hydrogens (primary N) is 1. The van der Waals surface area contributed by atoms with Gasteiger partial charge in [-0.2, -0.15) is 0 Å². The third-order valence-electron chi connectivity index (χ3n) is 3.23. The van der Waals surface area contributed by atoms with E-state index in [1.54, 1.807) is 11.4 Å². The molecule has 1 aliphatic rings. The minimum Gasteiger partial charge on any atom is -0.376 e. The minimum absolute atomic E-state index is 0.133. The molecule has 110 valence electrons. The molecule has 20 heavy (non-hydrogen) atoms. The molecule has 2 rings (SSSR count). The number of hydrogen-bond donors (Lipinski definition) is 2. The number of thiophene rings is 1. The van der Waals surface area contributed by atoms with Crippen molar-refractivity contribution in [3.63, 3.8) is 0 Å². The number of anilines is 1. The highest BCUT2D eigenvalue weighted by molar-refractivity contribution is 7.14. The van der Waals surface area contributed by atoms with Gasteiger partial charge in [0.25, 0.3) is 5.91 Å². The van der Waals surface area contributed by atoms with Crippen molar-refractivity contribution in [2.75, 3.05) is 31.6 Å². The molecular weight excluding hydrogens is 278 g/mol. The summed E-state index contributed by atoms with van der Waals surface area (Å²) < 4.78 is 5.56. The normalized spacial score (nSPS) is 19.8. The second kappa shape index (κ2) is 6.83. The van der Waals surface area contributed by atoms with Gasteiger partial charge in [-0.1, -0.05) is 6.92 Å². The lowest BCUT2D eigenvalue weighted by Crippen LogP contribution is -2.45. The molecule has 3 N–H and O–H groups in total. The molecule has 0 unspecified atom stereocenters. The molecule has 1 fully saturated rings. The topological polar surface area (TPSA) is 84.7 Å². The monoisotopic (exact) mass is 297 g/mol. The summed E-state index contributed by atoms with van der Waals surface area (Å²) in [6.07, 6.45) is 1.13. The molecule has 0 spiro atoms. The van der Waals surface area contributed by atoms with Crippen LogP contribution in [0, 0.1) is 0 Å². The summed E-state index contributed by atoms with van der Waals surface area (Å²) in [6, 6.07) is 1.62. The number of nitrogens with one attached hydrogen (secondary N) is 1. The van der Waals surface area contributed by atoms with E-state index in [0.29, 0.717) is 23.7 Å². The number of carbonyl (C=O) groups excluding carboxylic acids is 2. The molecule has 6 nitrogen and oxygen atoms in total. The maximum absolute atomic E-state index is 12.0. The Morgan fingerprint density at radius 3 is 3.10 bits per heavy atom. The maximum Gasteiger partial charge on any atom is 0.251 e. The zero-order valence-corrected chi connectivity index (χ0v) is 12.2. The molecular formula is C13H19N3O3S. The quantitative estimate of drug-likeness (QED) is 0.845. The van der Waals surface area contributed by atoms with Crippen molar-refractivity contribution in [2.24, 2.45) is 5.73 Å². The molecule has 2 heterocycles. The largest absolute Gasteiger partial charge is 0.376 e. The van der Waals surface area contributed by atoms with Crippen LogP contribution in [0.25, 0.3) is 0 Å². The Balaban J connectivity index is 1.89. The smallest absolute Gasteiger partial charge is 0.251 e. The van der Waals surface area contributed by atoms with E-state index < -0.39 is 5.91 Å². The summed E-state index contributed by atoms with van der Waals surface area (Å²) in [4.78, 5) is 25.3. The SMILES string of the molecule is CC[C@H]1CN(CC(=O)Nc2sccc2C(N)=O)CCO1. The van der Waals surface area contributed by atoms with Crippen LogP contribution >= 0.6 is 11.3 Å². The first-order valence-corrected chi connectivity index (χ1v) is 7.49. The van der Waals surface area contributed by atoms with Gasteiger partial charge < -0.3 is 15.8 Å². The van der Waals surface area contributed by atoms with Crippen molar-refractivity contribution in [1.29, 1.82) is 0 Å². The molecule has 1 aromatic rings. The van der Waals surface area contributed by atoms with Crippen LogP contribution in [-0.4, -0.2) is 49.1 Å². The van der Waals surface area contributed by atoms with E-state index >= 15 is 0 Å². The number of primary amides is 1. The highest BCUT2D eigenvalue weighted by Gasteiger charge is 2.21. The Hall–Kier alpha value is -1.44. The molecule has 0 saturated carbocycles. The van der Waals surface area contributed by atoms with E-state index in [0.717, 1.165) is 19.5 Å². The Labute approximate surface area is 121 Å². The molecule has 1 atom stereocenters. The highest BCUT2D eigenvalue weighted by Crippen LogP contribution is 2.22. The van der Waals surface area contributed by atoms with Crippen LogP contribution in [0.3, 0.4) is 0 Å². The molecule has 1 aliphatic heterocycles. The van der Waals surface area contributed by atoms with Gasteiger partial charge >= 0.3 is 0 Å². The van der Waals surface area contributed by atoms with Gasteiger partial charge in [0, 0.05) is 13.1 Å². The van der Waals surface area contributed by atoms with Gasteiger partial charge in [0.1, 0.15) is 5.00 Å². The van der Waals surface area contributed by atoms with E-state index in [2.05, 4.69) is 17.1 Å². The number of ether oxygens (including phenoxy) is 1. The number of carbonyl (C=O) groups is 2. The fourth-order valence-electron chi connectivity index (χ4n) is 2.14. The lowest BCUT2D eigenvalue weighted by Gasteiger charge is -2.31. The average molecular weight is 297 g/mol. The van der Waals surface area contributed by atoms with Crippen LogP contribution in [-0.2, 0) is 9.53 Å². The number of morpholine rings is 1. The van der Waals surface area contributed by atoms with Crippen molar-refractivity contribution in [2.45, 2.75) is 19.4 Å². The average Bonchev–Trinajstić information content (AvgIpc) is 2.87. The summed E-state index contributed by atoms with van der Waals surface area (Å²) in [7, 11) is 0. The Morgan fingerprint density at radius 2 is 2.40 bits per heavy atom. The Bertz CT molecular complexity index is 489. The van der Waals surface area contributed by atoms with Crippen LogP contribution in [0.1, 0.15) is 23.7 Å². The lowest BCUT2D eigenvalue weighted by molar-refractivity contribution is -0.119. The third kappa shape index (κ3) is 3.78. The first-order valence-electron chi connectivity index (χ1n) is 6.61. The molecule has 1 aromatic heterocycles. The van der Waals surface area contributed by atoms with Gasteiger partial charge in [-0.3, -0.25) is 14.5 Å². The van der Waals surface area contributed by atoms with Gasteiger partial charge in [-0.25, -0.2) is 0 Å². The standard InChI is InChI=1S/C13H19N3O3S/c1-2-9-7-16(4-5-19-9)8-11(17)15-13-10(12(14)18)3-6-20-13/h3,6,9H,2,4-5,7-8H2,1H3,(H2,14,18)(H,15,17)/t9-/m0/s1. The van der Waals surface area contributed by atoms with Crippen LogP contribution < -0.4 is 11.1 Å². The summed E-state index contributed by atoms with van der Waals surface area (Å²) >= 11 is 1.30. The van der Waals surface area contributed by atoms with Crippen LogP contribution in [0.15, 0.2) is 11.4 Å². The van der Waals surface area contributed by atoms with Crippen LogP contribution in [0.2, 0.25) is 0 Å². The second-order valence-corrected chi connectivity index (χ2v) is 5.63. The first kappa shape index (κ1) is 15.0. The lowest BCUT2D eigenvalue weighted by atomic mass is 10.2. The molecule has 0 radical (unpaired) electrons. The van der Waals surface area contributed by atoms with E-state index in [-0.39, 0.29) is 12.0 Å². The van der Waals surface area contributed by atoms with Gasteiger partial charge in [-0.15, -0.1) is 11.3 Å². The van der Waals surface area contributed by atoms with E-state index in [9.17, 15) is 9.59 Å². The second-order valence-electron chi connectivity index (χ2n) is 4.71. The molecule has 1 saturated heterocycles. The summed E-state index contributed by atoms with van der Waals surface area (Å²) in [5.41, 5.74) is 5.60. The molecule has 0 aromatic carbocycles. The van der Waals surface area contributed by atoms with Crippen molar-refractivity contribution in [3.8, 4) is 0 Å². The fourth-order valence-corrected chi connectivity index (χ4v) is 2.95. The van der Waals surface area contributed by atoms with Crippen molar-refractivity contribution in [3.05, 3.63) is 17.0 Å². The number of amides is 2. The molecule has 0 bridgehead atoms. The molecule has 0 aliphatic carbocycles. The minimum atomic E-state index is -0.529. The number of nitrogens with zero attached hydrogens (tertiary/aromatic N) is 1. The summed E-state index contributed by atoms with van der Waals surface area (Å²) in [6.45, 7) is 4.53. The molecule has 2 amide bonds. The van der Waals surface area contributed by atoms with Crippen LogP contribution in [0.4, 0.5) is 5.00 Å². The highest BCUT2D eigenvalue weighted by atomic mass is 32.1. The van der Waals surface area contributed by atoms with Crippen molar-refractivity contribution >= 4 is 28.2 Å². The predicted octanol–water partition coefficient (Wildman–Crippen LogP) is 0.896. The van der Waals surface area contributed by atoms with Gasteiger partial charge in [-0.05, 0) is 17.9 Å². The Kier molecular flexibility index (Phi) is 5.11. The number of hydrogen-bond acceptors (Lipinski definition) is 5. The maximum atomic E-state index is 12.0.